The van der Waals surface area contributed by atoms with Gasteiger partial charge in [-0.2, -0.15) is 0 Å². The van der Waals surface area contributed by atoms with Crippen LogP contribution in [0.1, 0.15) is 41.5 Å². The van der Waals surface area contributed by atoms with E-state index < -0.39 is 0 Å². The Morgan fingerprint density at radius 1 is 0.938 bits per heavy atom. The summed E-state index contributed by atoms with van der Waals surface area (Å²) in [6, 6.07) is 0. The molecule has 0 aromatic rings. The summed E-state index contributed by atoms with van der Waals surface area (Å²) in [6.45, 7) is 13.9. The van der Waals surface area contributed by atoms with Gasteiger partial charge in [-0.15, -0.1) is 0 Å². The molecule has 1 heterocycles. The summed E-state index contributed by atoms with van der Waals surface area (Å²) in [5.41, 5.74) is 8.13. The third-order valence-electron chi connectivity index (χ3n) is 2.81. The third kappa shape index (κ3) is 3.13. The van der Waals surface area contributed by atoms with Crippen LogP contribution in [0.4, 0.5) is 0 Å². The monoisotopic (exact) mass is 217 g/mol. The number of rotatable bonds is 2. The van der Waals surface area contributed by atoms with Crippen molar-refractivity contribution in [3.05, 3.63) is 45.7 Å². The second-order valence-electron chi connectivity index (χ2n) is 4.99. The van der Waals surface area contributed by atoms with Gasteiger partial charge in [0.25, 0.3) is 0 Å². The van der Waals surface area contributed by atoms with Gasteiger partial charge in [-0.05, 0) is 64.3 Å². The number of nitrogens with one attached hydrogen (secondary N) is 1. The van der Waals surface area contributed by atoms with E-state index in [0.29, 0.717) is 0 Å². The zero-order chi connectivity index (χ0) is 12.3. The van der Waals surface area contributed by atoms with E-state index in [-0.39, 0.29) is 0 Å². The van der Waals surface area contributed by atoms with Gasteiger partial charge in [0.15, 0.2) is 0 Å². The van der Waals surface area contributed by atoms with Gasteiger partial charge in [0, 0.05) is 12.2 Å². The Morgan fingerprint density at radius 2 is 1.50 bits per heavy atom. The largest absolute Gasteiger partial charge is 0.381 e. The number of dihydropyridines is 1. The molecule has 0 aliphatic carbocycles. The van der Waals surface area contributed by atoms with E-state index in [1.54, 1.807) is 0 Å². The Kier molecular flexibility index (Phi) is 4.17. The van der Waals surface area contributed by atoms with E-state index in [1.807, 2.05) is 0 Å². The van der Waals surface area contributed by atoms with Crippen molar-refractivity contribution in [2.75, 3.05) is 6.54 Å². The summed E-state index contributed by atoms with van der Waals surface area (Å²) >= 11 is 0. The summed E-state index contributed by atoms with van der Waals surface area (Å²) in [4.78, 5) is 0. The molecule has 1 aliphatic heterocycles. The predicted octanol–water partition coefficient (Wildman–Crippen LogP) is 4.11. The lowest BCUT2D eigenvalue weighted by Crippen LogP contribution is -2.22. The molecule has 0 unspecified atom stereocenters. The topological polar surface area (TPSA) is 12.0 Å². The van der Waals surface area contributed by atoms with Crippen LogP contribution in [0.2, 0.25) is 0 Å². The van der Waals surface area contributed by atoms with E-state index in [9.17, 15) is 0 Å². The Hall–Kier alpha value is -1.24. The van der Waals surface area contributed by atoms with Crippen LogP contribution < -0.4 is 5.32 Å². The molecule has 1 rings (SSSR count). The van der Waals surface area contributed by atoms with Gasteiger partial charge >= 0.3 is 0 Å². The quantitative estimate of drug-likeness (QED) is 0.734. The first-order valence-electron chi connectivity index (χ1n) is 5.86. The van der Waals surface area contributed by atoms with Crippen molar-refractivity contribution in [3.8, 4) is 0 Å². The van der Waals surface area contributed by atoms with Crippen LogP contribution in [0.25, 0.3) is 0 Å². The molecule has 0 bridgehead atoms. The molecule has 0 amide bonds. The van der Waals surface area contributed by atoms with E-state index >= 15 is 0 Å². The maximum absolute atomic E-state index is 3.49. The summed E-state index contributed by atoms with van der Waals surface area (Å²) in [7, 11) is 0. The van der Waals surface area contributed by atoms with Crippen molar-refractivity contribution in [1.29, 1.82) is 0 Å². The number of hydrogen-bond donors (Lipinski definition) is 1. The molecular weight excluding hydrogens is 194 g/mol. The first-order valence-corrected chi connectivity index (χ1v) is 5.86. The highest BCUT2D eigenvalue weighted by molar-refractivity contribution is 5.48. The minimum atomic E-state index is 0.938. The molecule has 1 N–H and O–H groups in total. The second-order valence-corrected chi connectivity index (χ2v) is 4.99. The highest BCUT2D eigenvalue weighted by Crippen LogP contribution is 2.23. The van der Waals surface area contributed by atoms with Gasteiger partial charge in [-0.25, -0.2) is 0 Å². The van der Waals surface area contributed by atoms with Gasteiger partial charge in [0.05, 0.1) is 0 Å². The Bertz CT molecular complexity index is 355. The highest BCUT2D eigenvalue weighted by atomic mass is 14.9. The molecule has 1 heteroatoms. The minimum absolute atomic E-state index is 0.938. The average molecular weight is 217 g/mol. The molecule has 1 nitrogen and oxygen atoms in total. The first-order chi connectivity index (χ1) is 7.41. The van der Waals surface area contributed by atoms with Crippen LogP contribution in [-0.2, 0) is 0 Å². The first kappa shape index (κ1) is 12.8. The Balaban J connectivity index is 3.13. The Morgan fingerprint density at radius 3 is 2.00 bits per heavy atom. The van der Waals surface area contributed by atoms with Gasteiger partial charge in [-0.1, -0.05) is 17.2 Å². The van der Waals surface area contributed by atoms with Crippen LogP contribution in [0, 0.1) is 0 Å². The Labute approximate surface area is 99.6 Å². The fourth-order valence-electron chi connectivity index (χ4n) is 1.85. The smallest absolute Gasteiger partial charge is 0.0403 e. The molecule has 1 aliphatic rings. The van der Waals surface area contributed by atoms with Crippen molar-refractivity contribution in [2.45, 2.75) is 41.5 Å². The number of allylic oxidation sites excluding steroid dienone is 5. The van der Waals surface area contributed by atoms with Gasteiger partial charge in [0.1, 0.15) is 0 Å². The summed E-state index contributed by atoms with van der Waals surface area (Å²) in [6.07, 6.45) is 4.49. The van der Waals surface area contributed by atoms with E-state index in [1.165, 1.54) is 33.6 Å². The van der Waals surface area contributed by atoms with Crippen LogP contribution in [0.3, 0.4) is 0 Å². The molecule has 88 valence electrons. The van der Waals surface area contributed by atoms with E-state index in [0.717, 1.165) is 6.54 Å². The summed E-state index contributed by atoms with van der Waals surface area (Å²) in [5, 5.41) is 3.49. The molecule has 0 saturated heterocycles. The van der Waals surface area contributed by atoms with Gasteiger partial charge in [0.2, 0.25) is 0 Å². The second kappa shape index (κ2) is 5.20. The third-order valence-corrected chi connectivity index (χ3v) is 2.81. The minimum Gasteiger partial charge on any atom is -0.381 e. The van der Waals surface area contributed by atoms with Crippen LogP contribution >= 0.6 is 0 Å². The zero-order valence-corrected chi connectivity index (χ0v) is 11.4. The van der Waals surface area contributed by atoms with Crippen LogP contribution in [-0.4, -0.2) is 6.54 Å². The molecule has 16 heavy (non-hydrogen) atoms. The standard InChI is InChI=1S/C15H23N/c1-10(2)7-14-9-16-15(8-11(3)4)13(6)12(14)5/h7-8,16H,9H2,1-6H3. The van der Waals surface area contributed by atoms with Crippen LogP contribution in [0.15, 0.2) is 45.7 Å². The van der Waals surface area contributed by atoms with Crippen molar-refractivity contribution in [1.82, 2.24) is 5.32 Å². The highest BCUT2D eigenvalue weighted by Gasteiger charge is 2.12. The maximum atomic E-state index is 3.49. The average Bonchev–Trinajstić information content (AvgIpc) is 2.16. The lowest BCUT2D eigenvalue weighted by atomic mass is 9.95. The maximum Gasteiger partial charge on any atom is 0.0403 e. The normalized spacial score (nSPS) is 15.9. The fraction of sp³-hybridized carbons (Fsp3) is 0.467. The van der Waals surface area contributed by atoms with Crippen molar-refractivity contribution >= 4 is 0 Å². The molecular formula is C15H23N. The molecule has 0 aromatic carbocycles. The van der Waals surface area contributed by atoms with Gasteiger partial charge < -0.3 is 5.32 Å². The summed E-state index contributed by atoms with van der Waals surface area (Å²) in [5.74, 6) is 0. The lowest BCUT2D eigenvalue weighted by Gasteiger charge is -2.22. The molecule has 0 radical (unpaired) electrons. The molecule has 0 saturated carbocycles. The van der Waals surface area contributed by atoms with Crippen LogP contribution in [0.5, 0.6) is 0 Å². The van der Waals surface area contributed by atoms with Crippen molar-refractivity contribution in [2.24, 2.45) is 0 Å². The zero-order valence-electron chi connectivity index (χ0n) is 11.4. The van der Waals surface area contributed by atoms with Gasteiger partial charge in [-0.3, -0.25) is 0 Å². The summed E-state index contributed by atoms with van der Waals surface area (Å²) < 4.78 is 0. The van der Waals surface area contributed by atoms with E-state index in [4.69, 9.17) is 0 Å². The molecule has 0 fully saturated rings. The lowest BCUT2D eigenvalue weighted by molar-refractivity contribution is 0.854. The SMILES string of the molecule is CC(C)=CC1=C(C)C(C)=C(C=C(C)C)NC1. The molecule has 0 atom stereocenters. The fourth-order valence-corrected chi connectivity index (χ4v) is 1.85. The molecule has 0 spiro atoms. The van der Waals surface area contributed by atoms with Crippen molar-refractivity contribution in [3.63, 3.8) is 0 Å². The van der Waals surface area contributed by atoms with E-state index in [2.05, 4.69) is 59.0 Å². The number of hydrogen-bond acceptors (Lipinski definition) is 1. The molecule has 0 aromatic heterocycles. The predicted molar refractivity (Wildman–Crippen MR) is 72.3 cm³/mol. The van der Waals surface area contributed by atoms with Crippen molar-refractivity contribution < 1.29 is 0 Å².